The summed E-state index contributed by atoms with van der Waals surface area (Å²) in [4.78, 5) is 14.8. The minimum Gasteiger partial charge on any atom is -0.496 e. The smallest absolute Gasteiger partial charge is 0.235 e. The lowest BCUT2D eigenvalue weighted by atomic mass is 9.71. The van der Waals surface area contributed by atoms with E-state index in [-0.39, 0.29) is 0 Å². The van der Waals surface area contributed by atoms with Gasteiger partial charge in [0.2, 0.25) is 6.08 Å². The van der Waals surface area contributed by atoms with Crippen molar-refractivity contribution in [2.75, 3.05) is 7.11 Å². The van der Waals surface area contributed by atoms with Crippen LogP contribution in [0.2, 0.25) is 0 Å². The number of methoxy groups -OCH3 is 1. The summed E-state index contributed by atoms with van der Waals surface area (Å²) in [6.45, 7) is 4.26. The number of hydrogen-bond acceptors (Lipinski definition) is 3. The predicted octanol–water partition coefficient (Wildman–Crippen LogP) is 4.30. The second-order valence-corrected chi connectivity index (χ2v) is 6.23. The fraction of sp³-hybridized carbons (Fsp3) is 0.533. The third kappa shape index (κ3) is 2.47. The second-order valence-electron chi connectivity index (χ2n) is 5.32. The van der Waals surface area contributed by atoms with Crippen molar-refractivity contribution in [3.05, 3.63) is 27.7 Å². The minimum absolute atomic E-state index is 0.350. The van der Waals surface area contributed by atoms with E-state index in [1.807, 2.05) is 6.07 Å². The van der Waals surface area contributed by atoms with Gasteiger partial charge in [0.25, 0.3) is 0 Å². The minimum atomic E-state index is -0.430. The number of halogens is 1. The van der Waals surface area contributed by atoms with Crippen LogP contribution in [-0.4, -0.2) is 13.2 Å². The largest absolute Gasteiger partial charge is 0.496 e. The first-order chi connectivity index (χ1) is 9.04. The van der Waals surface area contributed by atoms with Crippen LogP contribution in [-0.2, 0) is 10.3 Å². The van der Waals surface area contributed by atoms with E-state index in [1.165, 1.54) is 0 Å². The highest BCUT2D eigenvalue weighted by Gasteiger charge is 2.42. The van der Waals surface area contributed by atoms with Gasteiger partial charge in [0.15, 0.2) is 0 Å². The Kier molecular flexibility index (Phi) is 4.12. The molecule has 2 rings (SSSR count). The van der Waals surface area contributed by atoms with E-state index < -0.39 is 5.54 Å². The lowest BCUT2D eigenvalue weighted by Gasteiger charge is -2.38. The molecular weight excluding hydrogens is 306 g/mol. The molecule has 0 aliphatic heterocycles. The molecule has 102 valence electrons. The summed E-state index contributed by atoms with van der Waals surface area (Å²) in [7, 11) is 1.68. The van der Waals surface area contributed by atoms with Crippen LogP contribution in [0.15, 0.2) is 21.6 Å². The van der Waals surface area contributed by atoms with Crippen LogP contribution >= 0.6 is 15.9 Å². The Morgan fingerprint density at radius 1 is 1.42 bits per heavy atom. The third-order valence-electron chi connectivity index (χ3n) is 3.85. The van der Waals surface area contributed by atoms with Crippen LogP contribution in [0.5, 0.6) is 5.75 Å². The van der Waals surface area contributed by atoms with Gasteiger partial charge in [0.1, 0.15) is 11.3 Å². The number of nitrogens with zero attached hydrogens (tertiary/aromatic N) is 1. The lowest BCUT2D eigenvalue weighted by Crippen LogP contribution is -2.32. The highest BCUT2D eigenvalue weighted by atomic mass is 79.9. The van der Waals surface area contributed by atoms with Crippen molar-refractivity contribution in [2.24, 2.45) is 4.99 Å². The average molecular weight is 324 g/mol. The number of isocyanates is 1. The van der Waals surface area contributed by atoms with E-state index in [0.29, 0.717) is 5.92 Å². The summed E-state index contributed by atoms with van der Waals surface area (Å²) in [5, 5.41) is 0. The first kappa shape index (κ1) is 14.3. The number of ether oxygens (including phenoxy) is 1. The molecule has 0 aromatic heterocycles. The molecule has 0 bridgehead atoms. The van der Waals surface area contributed by atoms with Crippen LogP contribution in [0.3, 0.4) is 0 Å². The second kappa shape index (κ2) is 5.48. The molecule has 0 N–H and O–H groups in total. The summed E-state index contributed by atoms with van der Waals surface area (Å²) in [6, 6.07) is 4.09. The van der Waals surface area contributed by atoms with Gasteiger partial charge in [0, 0.05) is 10.0 Å². The molecule has 1 aliphatic carbocycles. The molecule has 0 unspecified atom stereocenters. The molecule has 0 saturated heterocycles. The van der Waals surface area contributed by atoms with Crippen molar-refractivity contribution in [3.8, 4) is 5.75 Å². The monoisotopic (exact) mass is 323 g/mol. The molecule has 0 heterocycles. The Hall–Kier alpha value is -1.12. The zero-order chi connectivity index (χ0) is 14.0. The number of rotatable bonds is 4. The maximum Gasteiger partial charge on any atom is 0.235 e. The number of benzene rings is 1. The van der Waals surface area contributed by atoms with Crippen molar-refractivity contribution < 1.29 is 9.53 Å². The Morgan fingerprint density at radius 3 is 2.53 bits per heavy atom. The summed E-state index contributed by atoms with van der Waals surface area (Å²) in [5.41, 5.74) is 1.71. The topological polar surface area (TPSA) is 38.7 Å². The summed E-state index contributed by atoms with van der Waals surface area (Å²) in [6.07, 6.45) is 4.58. The maximum atomic E-state index is 10.7. The first-order valence-electron chi connectivity index (χ1n) is 6.51. The van der Waals surface area contributed by atoms with Gasteiger partial charge < -0.3 is 4.74 Å². The van der Waals surface area contributed by atoms with Crippen molar-refractivity contribution >= 4 is 22.0 Å². The SMILES string of the molecule is COc1c(C(C)C)cc(Br)cc1C1(N=C=O)CCC1. The van der Waals surface area contributed by atoms with Crippen LogP contribution in [0.1, 0.15) is 50.2 Å². The molecule has 4 heteroatoms. The van der Waals surface area contributed by atoms with Crippen molar-refractivity contribution in [2.45, 2.75) is 44.6 Å². The maximum absolute atomic E-state index is 10.7. The molecule has 0 spiro atoms. The fourth-order valence-electron chi connectivity index (χ4n) is 2.66. The van der Waals surface area contributed by atoms with E-state index >= 15 is 0 Å². The highest BCUT2D eigenvalue weighted by molar-refractivity contribution is 9.10. The van der Waals surface area contributed by atoms with Gasteiger partial charge in [-0.2, -0.15) is 4.99 Å². The number of carbonyl (C=O) groups excluding carboxylic acids is 1. The molecule has 1 saturated carbocycles. The molecule has 1 aromatic carbocycles. The third-order valence-corrected chi connectivity index (χ3v) is 4.31. The van der Waals surface area contributed by atoms with Gasteiger partial charge >= 0.3 is 0 Å². The van der Waals surface area contributed by atoms with E-state index in [1.54, 1.807) is 13.2 Å². The van der Waals surface area contributed by atoms with E-state index in [4.69, 9.17) is 4.74 Å². The molecule has 0 amide bonds. The Labute approximate surface area is 122 Å². The molecule has 3 nitrogen and oxygen atoms in total. The Bertz CT molecular complexity index is 529. The molecule has 1 fully saturated rings. The Balaban J connectivity index is 2.65. The zero-order valence-electron chi connectivity index (χ0n) is 11.5. The summed E-state index contributed by atoms with van der Waals surface area (Å²) >= 11 is 3.55. The summed E-state index contributed by atoms with van der Waals surface area (Å²) in [5.74, 6) is 1.21. The summed E-state index contributed by atoms with van der Waals surface area (Å²) < 4.78 is 6.61. The molecule has 1 aromatic rings. The molecule has 1 aliphatic rings. The highest BCUT2D eigenvalue weighted by Crippen LogP contribution is 2.50. The van der Waals surface area contributed by atoms with Gasteiger partial charge in [-0.1, -0.05) is 29.8 Å². The molecule has 19 heavy (non-hydrogen) atoms. The van der Waals surface area contributed by atoms with Gasteiger partial charge in [-0.05, 0) is 42.9 Å². The molecular formula is C15H18BrNO2. The average Bonchev–Trinajstić information content (AvgIpc) is 2.32. The van der Waals surface area contributed by atoms with Gasteiger partial charge in [0.05, 0.1) is 7.11 Å². The fourth-order valence-corrected chi connectivity index (χ4v) is 3.13. The lowest BCUT2D eigenvalue weighted by molar-refractivity contribution is 0.245. The van der Waals surface area contributed by atoms with Crippen LogP contribution in [0, 0.1) is 0 Å². The zero-order valence-corrected chi connectivity index (χ0v) is 13.1. The first-order valence-corrected chi connectivity index (χ1v) is 7.30. The predicted molar refractivity (Wildman–Crippen MR) is 78.4 cm³/mol. The van der Waals surface area contributed by atoms with Crippen LogP contribution in [0.25, 0.3) is 0 Å². The van der Waals surface area contributed by atoms with Crippen LogP contribution in [0.4, 0.5) is 0 Å². The number of hydrogen-bond donors (Lipinski definition) is 0. The Morgan fingerprint density at radius 2 is 2.11 bits per heavy atom. The van der Waals surface area contributed by atoms with E-state index in [0.717, 1.165) is 40.6 Å². The quantitative estimate of drug-likeness (QED) is 0.612. The van der Waals surface area contributed by atoms with Gasteiger partial charge in [-0.25, -0.2) is 4.79 Å². The van der Waals surface area contributed by atoms with E-state index in [9.17, 15) is 4.79 Å². The normalized spacial score (nSPS) is 16.7. The van der Waals surface area contributed by atoms with Crippen molar-refractivity contribution in [1.29, 1.82) is 0 Å². The van der Waals surface area contributed by atoms with Crippen molar-refractivity contribution in [1.82, 2.24) is 0 Å². The number of aliphatic imine (C=N–C) groups is 1. The standard InChI is InChI=1S/C15H18BrNO2/c1-10(2)12-7-11(16)8-13(14(12)19-3)15(17-9-18)5-4-6-15/h7-8,10H,4-6H2,1-3H3. The van der Waals surface area contributed by atoms with Crippen LogP contribution < -0.4 is 4.74 Å². The van der Waals surface area contributed by atoms with Gasteiger partial charge in [-0.15, -0.1) is 0 Å². The van der Waals surface area contributed by atoms with E-state index in [2.05, 4.69) is 40.8 Å². The van der Waals surface area contributed by atoms with Gasteiger partial charge in [-0.3, -0.25) is 0 Å². The van der Waals surface area contributed by atoms with Crippen molar-refractivity contribution in [3.63, 3.8) is 0 Å². The molecule has 0 radical (unpaired) electrons. The molecule has 0 atom stereocenters.